The quantitative estimate of drug-likeness (QED) is 0.854. The standard InChI is InChI=1S/C11H12BrN5O2/c1-7-2-3-9(8(12)4-7)19-6-11(18)13-5-10-14-16-17-15-10/h2-4H,5-6H2,1H3,(H,13,18)(H,14,15,16,17). The van der Waals surface area contributed by atoms with Crippen molar-refractivity contribution in [2.75, 3.05) is 6.61 Å². The number of benzene rings is 1. The van der Waals surface area contributed by atoms with Crippen molar-refractivity contribution >= 4 is 21.8 Å². The summed E-state index contributed by atoms with van der Waals surface area (Å²) >= 11 is 3.38. The van der Waals surface area contributed by atoms with Gasteiger partial charge in [-0.15, -0.1) is 10.2 Å². The number of carbonyl (C=O) groups is 1. The Balaban J connectivity index is 1.80. The van der Waals surface area contributed by atoms with E-state index in [4.69, 9.17) is 4.74 Å². The van der Waals surface area contributed by atoms with E-state index in [1.165, 1.54) is 0 Å². The van der Waals surface area contributed by atoms with Crippen LogP contribution in [-0.4, -0.2) is 33.1 Å². The second-order valence-electron chi connectivity index (χ2n) is 3.83. The van der Waals surface area contributed by atoms with Gasteiger partial charge >= 0.3 is 0 Å². The Morgan fingerprint density at radius 1 is 1.53 bits per heavy atom. The Hall–Kier alpha value is -1.96. The molecule has 0 radical (unpaired) electrons. The normalized spacial score (nSPS) is 10.2. The van der Waals surface area contributed by atoms with Crippen LogP contribution < -0.4 is 10.1 Å². The van der Waals surface area contributed by atoms with Crippen LogP contribution in [0, 0.1) is 6.92 Å². The van der Waals surface area contributed by atoms with Crippen molar-refractivity contribution in [3.63, 3.8) is 0 Å². The van der Waals surface area contributed by atoms with E-state index in [1.807, 2.05) is 25.1 Å². The minimum atomic E-state index is -0.253. The fraction of sp³-hybridized carbons (Fsp3) is 0.273. The van der Waals surface area contributed by atoms with Crippen LogP contribution in [0.2, 0.25) is 0 Å². The highest BCUT2D eigenvalue weighted by Crippen LogP contribution is 2.25. The first-order valence-electron chi connectivity index (χ1n) is 5.53. The van der Waals surface area contributed by atoms with Crippen molar-refractivity contribution in [1.29, 1.82) is 0 Å². The van der Waals surface area contributed by atoms with Crippen molar-refractivity contribution in [3.8, 4) is 5.75 Å². The smallest absolute Gasteiger partial charge is 0.258 e. The van der Waals surface area contributed by atoms with E-state index in [-0.39, 0.29) is 19.1 Å². The summed E-state index contributed by atoms with van der Waals surface area (Å²) in [6.45, 7) is 2.12. The van der Waals surface area contributed by atoms with E-state index >= 15 is 0 Å². The highest BCUT2D eigenvalue weighted by molar-refractivity contribution is 9.10. The van der Waals surface area contributed by atoms with Gasteiger partial charge in [0.2, 0.25) is 0 Å². The molecule has 0 aliphatic rings. The van der Waals surface area contributed by atoms with Gasteiger partial charge in [0, 0.05) is 0 Å². The molecule has 0 aliphatic carbocycles. The van der Waals surface area contributed by atoms with Crippen LogP contribution in [0.25, 0.3) is 0 Å². The molecular weight excluding hydrogens is 314 g/mol. The average Bonchev–Trinajstić information content (AvgIpc) is 2.88. The number of nitrogens with one attached hydrogen (secondary N) is 2. The first-order chi connectivity index (χ1) is 9.15. The van der Waals surface area contributed by atoms with E-state index in [9.17, 15) is 4.79 Å². The van der Waals surface area contributed by atoms with Gasteiger partial charge in [0.05, 0.1) is 11.0 Å². The third kappa shape index (κ3) is 4.02. The minimum absolute atomic E-state index is 0.0699. The zero-order valence-corrected chi connectivity index (χ0v) is 11.8. The van der Waals surface area contributed by atoms with Gasteiger partial charge in [-0.2, -0.15) is 5.21 Å². The van der Waals surface area contributed by atoms with E-state index in [0.717, 1.165) is 10.0 Å². The molecule has 19 heavy (non-hydrogen) atoms. The van der Waals surface area contributed by atoms with Gasteiger partial charge in [0.25, 0.3) is 5.91 Å². The maximum absolute atomic E-state index is 11.6. The first kappa shape index (κ1) is 13.5. The number of hydrogen-bond acceptors (Lipinski definition) is 5. The number of nitrogens with zero attached hydrogens (tertiary/aromatic N) is 3. The monoisotopic (exact) mass is 325 g/mol. The molecule has 1 aromatic carbocycles. The highest BCUT2D eigenvalue weighted by atomic mass is 79.9. The lowest BCUT2D eigenvalue weighted by atomic mass is 10.2. The van der Waals surface area contributed by atoms with Crippen LogP contribution in [0.4, 0.5) is 0 Å². The molecule has 8 heteroatoms. The molecule has 7 nitrogen and oxygen atoms in total. The molecule has 2 rings (SSSR count). The molecule has 2 aromatic rings. The summed E-state index contributed by atoms with van der Waals surface area (Å²) < 4.78 is 6.22. The predicted molar refractivity (Wildman–Crippen MR) is 70.4 cm³/mol. The molecule has 0 saturated heterocycles. The average molecular weight is 326 g/mol. The third-order valence-electron chi connectivity index (χ3n) is 2.28. The van der Waals surface area contributed by atoms with Gasteiger partial charge < -0.3 is 10.1 Å². The Labute approximate surface area is 117 Å². The van der Waals surface area contributed by atoms with Crippen molar-refractivity contribution in [3.05, 3.63) is 34.1 Å². The summed E-state index contributed by atoms with van der Waals surface area (Å²) in [5.74, 6) is 0.794. The van der Waals surface area contributed by atoms with Gasteiger partial charge in [-0.1, -0.05) is 11.3 Å². The molecule has 0 spiro atoms. The third-order valence-corrected chi connectivity index (χ3v) is 2.90. The van der Waals surface area contributed by atoms with Crippen molar-refractivity contribution in [2.45, 2.75) is 13.5 Å². The van der Waals surface area contributed by atoms with E-state index in [1.54, 1.807) is 0 Å². The second-order valence-corrected chi connectivity index (χ2v) is 4.68. The van der Waals surface area contributed by atoms with Gasteiger partial charge in [-0.05, 0) is 40.5 Å². The molecule has 0 aliphatic heterocycles. The fourth-order valence-corrected chi connectivity index (χ4v) is 1.96. The molecule has 1 amide bonds. The molecule has 1 heterocycles. The molecule has 1 aromatic heterocycles. The minimum Gasteiger partial charge on any atom is -0.483 e. The molecule has 100 valence electrons. The summed E-state index contributed by atoms with van der Waals surface area (Å²) in [6.07, 6.45) is 0. The molecule has 2 N–H and O–H groups in total. The van der Waals surface area contributed by atoms with Gasteiger partial charge in [0.15, 0.2) is 12.4 Å². The number of ether oxygens (including phenoxy) is 1. The molecule has 0 atom stereocenters. The van der Waals surface area contributed by atoms with Gasteiger partial charge in [0.1, 0.15) is 5.75 Å². The molecule has 0 fully saturated rings. The maximum Gasteiger partial charge on any atom is 0.258 e. The number of aryl methyl sites for hydroxylation is 1. The van der Waals surface area contributed by atoms with Crippen molar-refractivity contribution < 1.29 is 9.53 Å². The Morgan fingerprint density at radius 2 is 2.37 bits per heavy atom. The molecule has 0 saturated carbocycles. The first-order valence-corrected chi connectivity index (χ1v) is 6.32. The summed E-state index contributed by atoms with van der Waals surface area (Å²) in [6, 6.07) is 5.65. The predicted octanol–water partition coefficient (Wildman–Crippen LogP) is 0.966. The lowest BCUT2D eigenvalue weighted by Gasteiger charge is -2.08. The SMILES string of the molecule is Cc1ccc(OCC(=O)NCc2nn[nH]n2)c(Br)c1. The number of aromatic nitrogens is 4. The summed E-state index contributed by atoms with van der Waals surface area (Å²) in [5, 5.41) is 15.8. The van der Waals surface area contributed by atoms with Crippen LogP contribution in [0.15, 0.2) is 22.7 Å². The Kier molecular flexibility index (Phi) is 4.45. The fourth-order valence-electron chi connectivity index (χ4n) is 1.35. The van der Waals surface area contributed by atoms with Crippen LogP contribution >= 0.6 is 15.9 Å². The van der Waals surface area contributed by atoms with E-state index in [2.05, 4.69) is 41.9 Å². The number of carbonyl (C=O) groups excluding carboxylic acids is 1. The number of amides is 1. The maximum atomic E-state index is 11.6. The van der Waals surface area contributed by atoms with Crippen molar-refractivity contribution in [1.82, 2.24) is 25.9 Å². The van der Waals surface area contributed by atoms with Crippen LogP contribution in [0.5, 0.6) is 5.75 Å². The lowest BCUT2D eigenvalue weighted by molar-refractivity contribution is -0.123. The topological polar surface area (TPSA) is 92.8 Å². The van der Waals surface area contributed by atoms with E-state index < -0.39 is 0 Å². The number of hydrogen-bond donors (Lipinski definition) is 2. The van der Waals surface area contributed by atoms with Crippen LogP contribution in [0.1, 0.15) is 11.4 Å². The molecular formula is C11H12BrN5O2. The van der Waals surface area contributed by atoms with Gasteiger partial charge in [-0.25, -0.2) is 0 Å². The Bertz CT molecular complexity index is 558. The molecule has 0 bridgehead atoms. The second kappa shape index (κ2) is 6.28. The van der Waals surface area contributed by atoms with Crippen LogP contribution in [0.3, 0.4) is 0 Å². The number of H-pyrrole nitrogens is 1. The van der Waals surface area contributed by atoms with Crippen molar-refractivity contribution in [2.24, 2.45) is 0 Å². The number of aromatic amines is 1. The zero-order valence-electron chi connectivity index (χ0n) is 10.2. The largest absolute Gasteiger partial charge is 0.483 e. The van der Waals surface area contributed by atoms with Gasteiger partial charge in [-0.3, -0.25) is 4.79 Å². The number of halogens is 1. The molecule has 0 unspecified atom stereocenters. The number of rotatable bonds is 5. The van der Waals surface area contributed by atoms with E-state index in [0.29, 0.717) is 11.6 Å². The zero-order chi connectivity index (χ0) is 13.7. The summed E-state index contributed by atoms with van der Waals surface area (Å²) in [5.41, 5.74) is 1.11. The highest BCUT2D eigenvalue weighted by Gasteiger charge is 2.07. The lowest BCUT2D eigenvalue weighted by Crippen LogP contribution is -2.28. The summed E-state index contributed by atoms with van der Waals surface area (Å²) in [7, 11) is 0. The van der Waals surface area contributed by atoms with Crippen LogP contribution in [-0.2, 0) is 11.3 Å². The number of tetrazole rings is 1. The Morgan fingerprint density at radius 3 is 3.05 bits per heavy atom. The summed E-state index contributed by atoms with van der Waals surface area (Å²) in [4.78, 5) is 11.6.